The summed E-state index contributed by atoms with van der Waals surface area (Å²) in [6.45, 7) is 7.38. The van der Waals surface area contributed by atoms with Crippen molar-refractivity contribution in [2.75, 3.05) is 26.2 Å². The zero-order chi connectivity index (χ0) is 15.4. The molecular formula is C13H21N5O3. The summed E-state index contributed by atoms with van der Waals surface area (Å²) in [4.78, 5) is 30.1. The standard InChI is InChI=1S/C13H21N5O3/c1-4-21-13(20)9-7-14-5-6-18(9)12(19)11-15-10(8(2)3)16-17-11/h8-9,14H,4-7H2,1-3H3,(H,15,16,17). The molecule has 2 heterocycles. The van der Waals surface area contributed by atoms with Gasteiger partial charge in [-0.25, -0.2) is 9.78 Å². The molecule has 1 amide bonds. The molecule has 1 aromatic rings. The van der Waals surface area contributed by atoms with E-state index in [-0.39, 0.29) is 24.3 Å². The highest BCUT2D eigenvalue weighted by molar-refractivity contribution is 5.94. The monoisotopic (exact) mass is 295 g/mol. The first-order valence-corrected chi connectivity index (χ1v) is 7.15. The molecule has 0 spiro atoms. The Morgan fingerprint density at radius 2 is 2.24 bits per heavy atom. The molecule has 21 heavy (non-hydrogen) atoms. The van der Waals surface area contributed by atoms with Crippen LogP contribution in [-0.4, -0.2) is 64.2 Å². The van der Waals surface area contributed by atoms with Gasteiger partial charge in [-0.2, -0.15) is 0 Å². The third-order valence-electron chi connectivity index (χ3n) is 3.30. The minimum atomic E-state index is -0.632. The zero-order valence-corrected chi connectivity index (χ0v) is 12.5. The number of esters is 1. The minimum absolute atomic E-state index is 0.0925. The number of amides is 1. The number of rotatable bonds is 4. The molecule has 1 fully saturated rings. The van der Waals surface area contributed by atoms with Crippen molar-refractivity contribution in [1.82, 2.24) is 25.4 Å². The van der Waals surface area contributed by atoms with E-state index in [2.05, 4.69) is 20.5 Å². The fraction of sp³-hybridized carbons (Fsp3) is 0.692. The van der Waals surface area contributed by atoms with Gasteiger partial charge in [-0.05, 0) is 6.92 Å². The van der Waals surface area contributed by atoms with Gasteiger partial charge in [-0.1, -0.05) is 13.8 Å². The van der Waals surface area contributed by atoms with E-state index in [4.69, 9.17) is 4.74 Å². The van der Waals surface area contributed by atoms with Crippen LogP contribution in [0.2, 0.25) is 0 Å². The predicted molar refractivity (Wildman–Crippen MR) is 74.8 cm³/mol. The topological polar surface area (TPSA) is 100 Å². The van der Waals surface area contributed by atoms with Gasteiger partial charge in [0.25, 0.3) is 5.91 Å². The van der Waals surface area contributed by atoms with Crippen LogP contribution < -0.4 is 5.32 Å². The van der Waals surface area contributed by atoms with Crippen LogP contribution in [0, 0.1) is 0 Å². The smallest absolute Gasteiger partial charge is 0.330 e. The Morgan fingerprint density at radius 1 is 1.48 bits per heavy atom. The zero-order valence-electron chi connectivity index (χ0n) is 12.5. The van der Waals surface area contributed by atoms with Crippen LogP contribution in [0.1, 0.15) is 43.1 Å². The largest absolute Gasteiger partial charge is 0.464 e. The third kappa shape index (κ3) is 3.38. The molecule has 0 aromatic carbocycles. The number of H-pyrrole nitrogens is 1. The van der Waals surface area contributed by atoms with Gasteiger partial charge in [0.05, 0.1) is 6.61 Å². The quantitative estimate of drug-likeness (QED) is 0.753. The molecule has 2 N–H and O–H groups in total. The number of aromatic amines is 1. The van der Waals surface area contributed by atoms with Gasteiger partial charge in [0.2, 0.25) is 5.82 Å². The number of aromatic nitrogens is 3. The van der Waals surface area contributed by atoms with Crippen LogP contribution in [0.5, 0.6) is 0 Å². The van der Waals surface area contributed by atoms with Gasteiger partial charge >= 0.3 is 5.97 Å². The fourth-order valence-corrected chi connectivity index (χ4v) is 2.15. The summed E-state index contributed by atoms with van der Waals surface area (Å²) >= 11 is 0. The Kier molecular flexibility index (Phi) is 4.89. The molecule has 8 heteroatoms. The first-order chi connectivity index (χ1) is 10.0. The van der Waals surface area contributed by atoms with Crippen molar-refractivity contribution >= 4 is 11.9 Å². The van der Waals surface area contributed by atoms with Crippen LogP contribution in [-0.2, 0) is 9.53 Å². The summed E-state index contributed by atoms with van der Waals surface area (Å²) in [6.07, 6.45) is 0. The number of carbonyl (C=O) groups excluding carboxylic acids is 2. The summed E-state index contributed by atoms with van der Waals surface area (Å²) in [5.41, 5.74) is 0. The Balaban J connectivity index is 2.15. The lowest BCUT2D eigenvalue weighted by molar-refractivity contribution is -0.149. The Bertz CT molecular complexity index is 514. The van der Waals surface area contributed by atoms with E-state index in [9.17, 15) is 9.59 Å². The second-order valence-corrected chi connectivity index (χ2v) is 5.17. The lowest BCUT2D eigenvalue weighted by Gasteiger charge is -2.33. The van der Waals surface area contributed by atoms with Gasteiger partial charge in [-0.15, -0.1) is 5.10 Å². The molecule has 0 saturated carbocycles. The second kappa shape index (κ2) is 6.66. The molecule has 0 radical (unpaired) electrons. The number of hydrogen-bond donors (Lipinski definition) is 2. The Labute approximate surface area is 123 Å². The molecular weight excluding hydrogens is 274 g/mol. The maximum Gasteiger partial charge on any atom is 0.330 e. The van der Waals surface area contributed by atoms with Gasteiger partial charge < -0.3 is 15.0 Å². The first kappa shape index (κ1) is 15.4. The van der Waals surface area contributed by atoms with E-state index in [1.807, 2.05) is 13.8 Å². The van der Waals surface area contributed by atoms with E-state index in [1.54, 1.807) is 6.92 Å². The number of nitrogens with zero attached hydrogens (tertiary/aromatic N) is 3. The first-order valence-electron chi connectivity index (χ1n) is 7.15. The lowest BCUT2D eigenvalue weighted by Crippen LogP contribution is -2.57. The van der Waals surface area contributed by atoms with Crippen molar-refractivity contribution in [1.29, 1.82) is 0 Å². The van der Waals surface area contributed by atoms with E-state index < -0.39 is 12.0 Å². The summed E-state index contributed by atoms with van der Waals surface area (Å²) in [6, 6.07) is -0.632. The predicted octanol–water partition coefficient (Wildman–Crippen LogP) is -0.0948. The summed E-state index contributed by atoms with van der Waals surface area (Å²) in [5.74, 6) is 0.148. The molecule has 1 atom stereocenters. The van der Waals surface area contributed by atoms with Crippen molar-refractivity contribution in [2.24, 2.45) is 0 Å². The second-order valence-electron chi connectivity index (χ2n) is 5.17. The summed E-state index contributed by atoms with van der Waals surface area (Å²) < 4.78 is 5.02. The fourth-order valence-electron chi connectivity index (χ4n) is 2.15. The van der Waals surface area contributed by atoms with Crippen LogP contribution >= 0.6 is 0 Å². The van der Waals surface area contributed by atoms with Gasteiger partial charge in [0.1, 0.15) is 11.9 Å². The van der Waals surface area contributed by atoms with Crippen molar-refractivity contribution < 1.29 is 14.3 Å². The van der Waals surface area contributed by atoms with Crippen LogP contribution in [0.15, 0.2) is 0 Å². The number of carbonyl (C=O) groups is 2. The highest BCUT2D eigenvalue weighted by Crippen LogP contribution is 2.12. The van der Waals surface area contributed by atoms with Gasteiger partial charge in [-0.3, -0.25) is 9.89 Å². The number of nitrogens with one attached hydrogen (secondary N) is 2. The minimum Gasteiger partial charge on any atom is -0.464 e. The highest BCUT2D eigenvalue weighted by Gasteiger charge is 2.35. The van der Waals surface area contributed by atoms with Crippen molar-refractivity contribution in [2.45, 2.75) is 32.7 Å². The van der Waals surface area contributed by atoms with Crippen LogP contribution in [0.3, 0.4) is 0 Å². The summed E-state index contributed by atoms with van der Waals surface area (Å²) in [5, 5.41) is 9.80. The van der Waals surface area contributed by atoms with Gasteiger partial charge in [0.15, 0.2) is 0 Å². The third-order valence-corrected chi connectivity index (χ3v) is 3.30. The maximum absolute atomic E-state index is 12.5. The molecule has 116 valence electrons. The molecule has 1 saturated heterocycles. The molecule has 1 aliphatic rings. The Morgan fingerprint density at radius 3 is 2.86 bits per heavy atom. The van der Waals surface area contributed by atoms with E-state index in [1.165, 1.54) is 4.90 Å². The average molecular weight is 295 g/mol. The SMILES string of the molecule is CCOC(=O)C1CNCCN1C(=O)c1n[nH]c(C(C)C)n1. The molecule has 8 nitrogen and oxygen atoms in total. The van der Waals surface area contributed by atoms with Crippen LogP contribution in [0.25, 0.3) is 0 Å². The maximum atomic E-state index is 12.5. The van der Waals surface area contributed by atoms with Crippen LogP contribution in [0.4, 0.5) is 0 Å². The van der Waals surface area contributed by atoms with Crippen molar-refractivity contribution in [3.8, 4) is 0 Å². The molecule has 0 bridgehead atoms. The molecule has 1 unspecified atom stereocenters. The van der Waals surface area contributed by atoms with E-state index in [0.29, 0.717) is 25.5 Å². The van der Waals surface area contributed by atoms with E-state index in [0.717, 1.165) is 0 Å². The molecule has 1 aromatic heterocycles. The number of piperazine rings is 1. The van der Waals surface area contributed by atoms with Gasteiger partial charge in [0, 0.05) is 25.6 Å². The molecule has 1 aliphatic heterocycles. The summed E-state index contributed by atoms with van der Waals surface area (Å²) in [7, 11) is 0. The molecule has 2 rings (SSSR count). The normalized spacial score (nSPS) is 18.9. The number of hydrogen-bond acceptors (Lipinski definition) is 6. The number of ether oxygens (including phenoxy) is 1. The molecule has 0 aliphatic carbocycles. The average Bonchev–Trinajstić information content (AvgIpc) is 2.97. The highest BCUT2D eigenvalue weighted by atomic mass is 16.5. The lowest BCUT2D eigenvalue weighted by atomic mass is 10.2. The van der Waals surface area contributed by atoms with Crippen molar-refractivity contribution in [3.05, 3.63) is 11.6 Å². The Hall–Kier alpha value is -1.96. The van der Waals surface area contributed by atoms with E-state index >= 15 is 0 Å². The van der Waals surface area contributed by atoms with Crippen molar-refractivity contribution in [3.63, 3.8) is 0 Å².